The lowest BCUT2D eigenvalue weighted by Crippen LogP contribution is -2.21. The Labute approximate surface area is 142 Å². The van der Waals surface area contributed by atoms with E-state index in [2.05, 4.69) is 43.0 Å². The average Bonchev–Trinajstić information content (AvgIpc) is 2.58. The van der Waals surface area contributed by atoms with Crippen LogP contribution in [0.3, 0.4) is 0 Å². The van der Waals surface area contributed by atoms with Crippen LogP contribution in [0.4, 0.5) is 11.4 Å². The zero-order valence-corrected chi connectivity index (χ0v) is 13.8. The number of benzene rings is 3. The molecule has 0 aromatic heterocycles. The fourth-order valence-corrected chi connectivity index (χ4v) is 2.90. The maximum absolute atomic E-state index is 9.59. The molecular weight excluding hydrogens is 298 g/mol. The highest BCUT2D eigenvalue weighted by atomic mass is 16.3. The van der Waals surface area contributed by atoms with Crippen LogP contribution in [0.1, 0.15) is 24.1 Å². The molecule has 0 aliphatic heterocycles. The Balaban J connectivity index is 2.07. The number of anilines is 2. The van der Waals surface area contributed by atoms with Gasteiger partial charge < -0.3 is 15.1 Å². The van der Waals surface area contributed by atoms with Crippen LogP contribution >= 0.6 is 0 Å². The summed E-state index contributed by atoms with van der Waals surface area (Å²) in [4.78, 5) is 2.19. The number of hydrogen-bond donors (Lipinski definition) is 2. The van der Waals surface area contributed by atoms with Crippen molar-refractivity contribution in [1.29, 1.82) is 0 Å². The zero-order valence-electron chi connectivity index (χ0n) is 13.8. The number of aromatic hydroxyl groups is 2. The maximum Gasteiger partial charge on any atom is 0.115 e. The van der Waals surface area contributed by atoms with Gasteiger partial charge in [-0.05, 0) is 67.9 Å². The summed E-state index contributed by atoms with van der Waals surface area (Å²) in [5.74, 6) is 0.486. The predicted octanol–water partition coefficient (Wildman–Crippen LogP) is 5.31. The summed E-state index contributed by atoms with van der Waals surface area (Å²) < 4.78 is 0. The molecule has 0 saturated carbocycles. The van der Waals surface area contributed by atoms with Crippen LogP contribution in [0.15, 0.2) is 72.8 Å². The van der Waals surface area contributed by atoms with E-state index in [1.165, 1.54) is 11.1 Å². The lowest BCUT2D eigenvalue weighted by atomic mass is 10.0. The van der Waals surface area contributed by atoms with Crippen molar-refractivity contribution >= 4 is 11.4 Å². The standard InChI is InChI=1S/C21H21NO2/c1-15-4-3-5-17(14-15)16(2)22(18-6-10-20(23)11-7-18)19-8-12-21(24)13-9-19/h3-14,16,23-24H,1-2H3. The highest BCUT2D eigenvalue weighted by Gasteiger charge is 2.18. The molecule has 0 spiro atoms. The van der Waals surface area contributed by atoms with Crippen molar-refractivity contribution < 1.29 is 10.2 Å². The predicted molar refractivity (Wildman–Crippen MR) is 97.9 cm³/mol. The Morgan fingerprint density at radius 2 is 1.25 bits per heavy atom. The molecule has 122 valence electrons. The van der Waals surface area contributed by atoms with Gasteiger partial charge in [-0.15, -0.1) is 0 Å². The molecule has 24 heavy (non-hydrogen) atoms. The zero-order chi connectivity index (χ0) is 17.1. The molecule has 3 rings (SSSR count). The van der Waals surface area contributed by atoms with Gasteiger partial charge in [0.15, 0.2) is 0 Å². The van der Waals surface area contributed by atoms with Crippen LogP contribution in [0.5, 0.6) is 11.5 Å². The van der Waals surface area contributed by atoms with Gasteiger partial charge in [-0.2, -0.15) is 0 Å². The van der Waals surface area contributed by atoms with Crippen molar-refractivity contribution in [2.75, 3.05) is 4.90 Å². The number of aryl methyl sites for hydroxylation is 1. The first-order valence-electron chi connectivity index (χ1n) is 7.98. The number of rotatable bonds is 4. The number of hydrogen-bond acceptors (Lipinski definition) is 3. The molecule has 0 aliphatic carbocycles. The van der Waals surface area contributed by atoms with Gasteiger partial charge in [0.1, 0.15) is 11.5 Å². The molecule has 1 atom stereocenters. The normalized spacial score (nSPS) is 11.9. The van der Waals surface area contributed by atoms with Gasteiger partial charge >= 0.3 is 0 Å². The van der Waals surface area contributed by atoms with Crippen molar-refractivity contribution in [3.63, 3.8) is 0 Å². The van der Waals surface area contributed by atoms with Gasteiger partial charge in [-0.25, -0.2) is 0 Å². The summed E-state index contributed by atoms with van der Waals surface area (Å²) in [6.45, 7) is 4.23. The lowest BCUT2D eigenvalue weighted by molar-refractivity contribution is 0.475. The fourth-order valence-electron chi connectivity index (χ4n) is 2.90. The van der Waals surface area contributed by atoms with E-state index in [1.807, 2.05) is 24.3 Å². The fraction of sp³-hybridized carbons (Fsp3) is 0.143. The monoisotopic (exact) mass is 319 g/mol. The number of phenols is 2. The molecule has 0 radical (unpaired) electrons. The smallest absolute Gasteiger partial charge is 0.115 e. The molecule has 0 bridgehead atoms. The third kappa shape index (κ3) is 3.35. The molecule has 3 aromatic rings. The van der Waals surface area contributed by atoms with Crippen molar-refractivity contribution in [2.24, 2.45) is 0 Å². The number of nitrogens with zero attached hydrogens (tertiary/aromatic N) is 1. The van der Waals surface area contributed by atoms with Gasteiger partial charge in [-0.1, -0.05) is 29.8 Å². The van der Waals surface area contributed by atoms with Gasteiger partial charge in [0, 0.05) is 11.4 Å². The van der Waals surface area contributed by atoms with E-state index in [0.717, 1.165) is 11.4 Å². The summed E-state index contributed by atoms with van der Waals surface area (Å²) >= 11 is 0. The van der Waals surface area contributed by atoms with E-state index >= 15 is 0 Å². The van der Waals surface area contributed by atoms with E-state index in [-0.39, 0.29) is 17.5 Å². The molecule has 0 aliphatic rings. The Morgan fingerprint density at radius 1 is 0.750 bits per heavy atom. The first-order valence-corrected chi connectivity index (χ1v) is 7.98. The van der Waals surface area contributed by atoms with Gasteiger partial charge in [0.05, 0.1) is 6.04 Å². The third-order valence-electron chi connectivity index (χ3n) is 4.17. The molecule has 0 saturated heterocycles. The van der Waals surface area contributed by atoms with Gasteiger partial charge in [0.25, 0.3) is 0 Å². The van der Waals surface area contributed by atoms with Gasteiger partial charge in [-0.3, -0.25) is 0 Å². The van der Waals surface area contributed by atoms with Crippen LogP contribution in [-0.4, -0.2) is 10.2 Å². The maximum atomic E-state index is 9.59. The molecular formula is C21H21NO2. The highest BCUT2D eigenvalue weighted by molar-refractivity contribution is 5.66. The summed E-state index contributed by atoms with van der Waals surface area (Å²) in [5.41, 5.74) is 4.38. The Bertz CT molecular complexity index is 765. The van der Waals surface area contributed by atoms with Gasteiger partial charge in [0.2, 0.25) is 0 Å². The summed E-state index contributed by atoms with van der Waals surface area (Å²) in [6.07, 6.45) is 0. The first-order chi connectivity index (χ1) is 11.5. The largest absolute Gasteiger partial charge is 0.508 e. The first kappa shape index (κ1) is 15.9. The molecule has 0 heterocycles. The second-order valence-electron chi connectivity index (χ2n) is 5.99. The van der Waals surface area contributed by atoms with Crippen molar-refractivity contribution in [2.45, 2.75) is 19.9 Å². The number of phenolic OH excluding ortho intramolecular Hbond substituents is 2. The minimum Gasteiger partial charge on any atom is -0.508 e. The Kier molecular flexibility index (Phi) is 4.43. The Hall–Kier alpha value is -2.94. The molecule has 1 unspecified atom stereocenters. The molecule has 2 N–H and O–H groups in total. The molecule has 0 amide bonds. The van der Waals surface area contributed by atoms with Crippen molar-refractivity contribution in [1.82, 2.24) is 0 Å². The van der Waals surface area contributed by atoms with Crippen LogP contribution < -0.4 is 4.90 Å². The average molecular weight is 319 g/mol. The quantitative estimate of drug-likeness (QED) is 0.685. The molecule has 3 heteroatoms. The molecule has 3 aromatic carbocycles. The summed E-state index contributed by atoms with van der Waals surface area (Å²) in [5, 5.41) is 19.2. The SMILES string of the molecule is Cc1cccc(C(C)N(c2ccc(O)cc2)c2ccc(O)cc2)c1. The van der Waals surface area contributed by atoms with Crippen molar-refractivity contribution in [3.8, 4) is 11.5 Å². The van der Waals surface area contributed by atoms with E-state index in [9.17, 15) is 10.2 Å². The van der Waals surface area contributed by atoms with Crippen LogP contribution in [0, 0.1) is 6.92 Å². The Morgan fingerprint density at radius 3 is 1.71 bits per heavy atom. The van der Waals surface area contributed by atoms with E-state index in [1.54, 1.807) is 24.3 Å². The third-order valence-corrected chi connectivity index (χ3v) is 4.17. The van der Waals surface area contributed by atoms with E-state index < -0.39 is 0 Å². The van der Waals surface area contributed by atoms with E-state index in [4.69, 9.17) is 0 Å². The molecule has 0 fully saturated rings. The second-order valence-corrected chi connectivity index (χ2v) is 5.99. The van der Waals surface area contributed by atoms with Crippen LogP contribution in [-0.2, 0) is 0 Å². The minimum absolute atomic E-state index is 0.0963. The molecule has 3 nitrogen and oxygen atoms in total. The van der Waals surface area contributed by atoms with Crippen LogP contribution in [0.25, 0.3) is 0 Å². The van der Waals surface area contributed by atoms with Crippen molar-refractivity contribution in [3.05, 3.63) is 83.9 Å². The topological polar surface area (TPSA) is 43.7 Å². The summed E-state index contributed by atoms with van der Waals surface area (Å²) in [6, 6.07) is 22.9. The van der Waals surface area contributed by atoms with Crippen LogP contribution in [0.2, 0.25) is 0 Å². The lowest BCUT2D eigenvalue weighted by Gasteiger charge is -2.32. The minimum atomic E-state index is 0.0963. The van der Waals surface area contributed by atoms with E-state index in [0.29, 0.717) is 0 Å². The second kappa shape index (κ2) is 6.67. The highest BCUT2D eigenvalue weighted by Crippen LogP contribution is 2.36. The summed E-state index contributed by atoms with van der Waals surface area (Å²) in [7, 11) is 0.